The quantitative estimate of drug-likeness (QED) is 0.482. The Morgan fingerprint density at radius 3 is 2.28 bits per heavy atom. The van der Waals surface area contributed by atoms with Gasteiger partial charge in [0.25, 0.3) is 0 Å². The lowest BCUT2D eigenvalue weighted by Gasteiger charge is -2.38. The first-order valence-electron chi connectivity index (χ1n) is 11.7. The fourth-order valence-corrected chi connectivity index (χ4v) is 5.25. The molecule has 162 valence electrons. The average Bonchev–Trinajstić information content (AvgIpc) is 3.45. The Hall–Kier alpha value is -3.18. The number of hydrogen-bond donors (Lipinski definition) is 1. The van der Waals surface area contributed by atoms with Gasteiger partial charge in [0.05, 0.1) is 5.69 Å². The highest BCUT2D eigenvalue weighted by Crippen LogP contribution is 2.40. The highest BCUT2D eigenvalue weighted by Gasteiger charge is 2.34. The van der Waals surface area contributed by atoms with Gasteiger partial charge in [-0.3, -0.25) is 4.57 Å². The second-order valence-corrected chi connectivity index (χ2v) is 9.33. The van der Waals surface area contributed by atoms with Gasteiger partial charge in [0, 0.05) is 35.9 Å². The third-order valence-electron chi connectivity index (χ3n) is 7.33. The van der Waals surface area contributed by atoms with E-state index in [1.807, 2.05) is 6.20 Å². The van der Waals surface area contributed by atoms with Crippen LogP contribution in [0.15, 0.2) is 60.8 Å². The summed E-state index contributed by atoms with van der Waals surface area (Å²) in [6, 6.07) is 19.4. The van der Waals surface area contributed by atoms with Crippen LogP contribution in [0.5, 0.6) is 0 Å². The first kappa shape index (κ1) is 19.5. The lowest BCUT2D eigenvalue weighted by atomic mass is 9.73. The molecule has 0 atom stereocenters. The standard InChI is InChI=1S/C27H29N5/c1-19-23-18-29-26(31-16-5-6-17-31)30-25(23)32(24(19)20-8-3-2-4-9-20)22-12-10-21(11-13-22)27(28)14-7-15-27/h2-4,8-13,18H,5-7,14-17,28H2,1H3. The lowest BCUT2D eigenvalue weighted by Crippen LogP contribution is -2.43. The third-order valence-corrected chi connectivity index (χ3v) is 7.33. The molecule has 2 aromatic carbocycles. The van der Waals surface area contributed by atoms with Crippen LogP contribution in [0.2, 0.25) is 0 Å². The minimum absolute atomic E-state index is 0.152. The summed E-state index contributed by atoms with van der Waals surface area (Å²) < 4.78 is 2.30. The van der Waals surface area contributed by atoms with Crippen molar-refractivity contribution in [2.24, 2.45) is 5.73 Å². The summed E-state index contributed by atoms with van der Waals surface area (Å²) in [7, 11) is 0. The van der Waals surface area contributed by atoms with Crippen LogP contribution in [-0.4, -0.2) is 27.6 Å². The highest BCUT2D eigenvalue weighted by atomic mass is 15.3. The second kappa shape index (κ2) is 7.45. The number of rotatable bonds is 4. The van der Waals surface area contributed by atoms with E-state index < -0.39 is 0 Å². The Morgan fingerprint density at radius 1 is 0.906 bits per heavy atom. The van der Waals surface area contributed by atoms with Crippen LogP contribution < -0.4 is 10.6 Å². The number of anilines is 1. The molecule has 0 amide bonds. The highest BCUT2D eigenvalue weighted by molar-refractivity contribution is 5.91. The van der Waals surface area contributed by atoms with Gasteiger partial charge in [0.2, 0.25) is 5.95 Å². The fraction of sp³-hybridized carbons (Fsp3) is 0.333. The number of fused-ring (bicyclic) bond motifs is 1. The molecule has 0 unspecified atom stereocenters. The minimum Gasteiger partial charge on any atom is -0.341 e. The number of hydrogen-bond acceptors (Lipinski definition) is 4. The molecule has 2 N–H and O–H groups in total. The Labute approximate surface area is 188 Å². The zero-order valence-electron chi connectivity index (χ0n) is 18.6. The van der Waals surface area contributed by atoms with Crippen molar-refractivity contribution in [2.45, 2.75) is 44.6 Å². The minimum atomic E-state index is -0.152. The van der Waals surface area contributed by atoms with Gasteiger partial charge in [-0.25, -0.2) is 4.98 Å². The summed E-state index contributed by atoms with van der Waals surface area (Å²) in [5.74, 6) is 0.834. The summed E-state index contributed by atoms with van der Waals surface area (Å²) >= 11 is 0. The monoisotopic (exact) mass is 423 g/mol. The number of benzene rings is 2. The van der Waals surface area contributed by atoms with Crippen molar-refractivity contribution in [1.29, 1.82) is 0 Å². The van der Waals surface area contributed by atoms with E-state index in [1.165, 1.54) is 41.6 Å². The predicted molar refractivity (Wildman–Crippen MR) is 130 cm³/mol. The molecule has 1 saturated heterocycles. The smallest absolute Gasteiger partial charge is 0.227 e. The molecule has 0 bridgehead atoms. The average molecular weight is 424 g/mol. The number of nitrogens with two attached hydrogens (primary N) is 1. The normalized spacial score (nSPS) is 17.6. The summed E-state index contributed by atoms with van der Waals surface area (Å²) in [6.45, 7) is 4.24. The van der Waals surface area contributed by atoms with E-state index in [9.17, 15) is 0 Å². The van der Waals surface area contributed by atoms with E-state index in [0.717, 1.165) is 48.6 Å². The SMILES string of the molecule is Cc1c(-c2ccccc2)n(-c2ccc(C3(N)CCC3)cc2)c2nc(N3CCCC3)ncc12. The summed E-state index contributed by atoms with van der Waals surface area (Å²) in [6.07, 6.45) is 7.77. The second-order valence-electron chi connectivity index (χ2n) is 9.33. The van der Waals surface area contributed by atoms with Crippen LogP contribution in [0, 0.1) is 6.92 Å². The van der Waals surface area contributed by atoms with Crippen LogP contribution in [0.25, 0.3) is 28.0 Å². The van der Waals surface area contributed by atoms with E-state index in [-0.39, 0.29) is 5.54 Å². The van der Waals surface area contributed by atoms with Crippen LogP contribution in [0.4, 0.5) is 5.95 Å². The van der Waals surface area contributed by atoms with E-state index in [1.54, 1.807) is 0 Å². The molecule has 2 aromatic heterocycles. The molecule has 4 aromatic rings. The van der Waals surface area contributed by atoms with Crippen molar-refractivity contribution in [3.8, 4) is 16.9 Å². The summed E-state index contributed by atoms with van der Waals surface area (Å²) in [4.78, 5) is 12.1. The molecule has 0 radical (unpaired) electrons. The lowest BCUT2D eigenvalue weighted by molar-refractivity contribution is 0.253. The van der Waals surface area contributed by atoms with Gasteiger partial charge >= 0.3 is 0 Å². The molecule has 5 heteroatoms. The molecule has 5 nitrogen and oxygen atoms in total. The van der Waals surface area contributed by atoms with E-state index in [0.29, 0.717) is 0 Å². The molecule has 1 saturated carbocycles. The van der Waals surface area contributed by atoms with Crippen molar-refractivity contribution in [2.75, 3.05) is 18.0 Å². The van der Waals surface area contributed by atoms with E-state index >= 15 is 0 Å². The Morgan fingerprint density at radius 2 is 1.62 bits per heavy atom. The van der Waals surface area contributed by atoms with Crippen molar-refractivity contribution >= 4 is 17.0 Å². The number of aromatic nitrogens is 3. The predicted octanol–water partition coefficient (Wildman–Crippen LogP) is 5.33. The van der Waals surface area contributed by atoms with Crippen molar-refractivity contribution < 1.29 is 0 Å². The maximum absolute atomic E-state index is 6.59. The Bertz CT molecular complexity index is 1260. The Balaban J connectivity index is 1.56. The zero-order valence-corrected chi connectivity index (χ0v) is 18.6. The largest absolute Gasteiger partial charge is 0.341 e. The van der Waals surface area contributed by atoms with Gasteiger partial charge in [-0.2, -0.15) is 4.98 Å². The molecular formula is C27H29N5. The molecule has 6 rings (SSSR count). The van der Waals surface area contributed by atoms with Crippen LogP contribution >= 0.6 is 0 Å². The van der Waals surface area contributed by atoms with Crippen LogP contribution in [0.3, 0.4) is 0 Å². The van der Waals surface area contributed by atoms with Gasteiger partial charge < -0.3 is 10.6 Å². The van der Waals surface area contributed by atoms with Gasteiger partial charge in [-0.1, -0.05) is 42.5 Å². The molecular weight excluding hydrogens is 394 g/mol. The first-order valence-corrected chi connectivity index (χ1v) is 11.7. The van der Waals surface area contributed by atoms with E-state index in [2.05, 4.69) is 71.0 Å². The van der Waals surface area contributed by atoms with Gasteiger partial charge in [0.1, 0.15) is 0 Å². The summed E-state index contributed by atoms with van der Waals surface area (Å²) in [5, 5.41) is 1.10. The fourth-order valence-electron chi connectivity index (χ4n) is 5.25. The van der Waals surface area contributed by atoms with Crippen molar-refractivity contribution in [3.63, 3.8) is 0 Å². The summed E-state index contributed by atoms with van der Waals surface area (Å²) in [5.41, 5.74) is 13.3. The molecule has 32 heavy (non-hydrogen) atoms. The van der Waals surface area contributed by atoms with Crippen LogP contribution in [-0.2, 0) is 5.54 Å². The van der Waals surface area contributed by atoms with Gasteiger partial charge in [-0.05, 0) is 67.9 Å². The van der Waals surface area contributed by atoms with Gasteiger partial charge in [0.15, 0.2) is 5.65 Å². The Kier molecular flexibility index (Phi) is 4.54. The maximum atomic E-state index is 6.59. The molecule has 2 aliphatic rings. The van der Waals surface area contributed by atoms with Gasteiger partial charge in [-0.15, -0.1) is 0 Å². The number of nitrogens with zero attached hydrogens (tertiary/aromatic N) is 4. The zero-order chi connectivity index (χ0) is 21.7. The molecule has 3 heterocycles. The number of aryl methyl sites for hydroxylation is 1. The van der Waals surface area contributed by atoms with Crippen LogP contribution in [0.1, 0.15) is 43.2 Å². The van der Waals surface area contributed by atoms with Crippen molar-refractivity contribution in [3.05, 3.63) is 71.9 Å². The third kappa shape index (κ3) is 3.03. The molecule has 1 aliphatic heterocycles. The molecule has 2 fully saturated rings. The van der Waals surface area contributed by atoms with Crippen molar-refractivity contribution in [1.82, 2.24) is 14.5 Å². The molecule has 1 aliphatic carbocycles. The first-order chi connectivity index (χ1) is 15.6. The maximum Gasteiger partial charge on any atom is 0.227 e. The molecule has 0 spiro atoms. The van der Waals surface area contributed by atoms with E-state index in [4.69, 9.17) is 15.7 Å². The topological polar surface area (TPSA) is 60.0 Å².